The molecule has 1 aromatic heterocycles. The van der Waals surface area contributed by atoms with Gasteiger partial charge in [0.15, 0.2) is 0 Å². The van der Waals surface area contributed by atoms with Gasteiger partial charge < -0.3 is 10.4 Å². The smallest absolute Gasteiger partial charge is 0.310 e. The van der Waals surface area contributed by atoms with Crippen molar-refractivity contribution in [3.05, 3.63) is 32.5 Å². The first-order valence-corrected chi connectivity index (χ1v) is 6.71. The number of hydrogen-bond acceptors (Lipinski definition) is 3. The molecule has 2 atom stereocenters. The number of halogens is 2. The summed E-state index contributed by atoms with van der Waals surface area (Å²) in [5.74, 6) is -1.78. The Morgan fingerprint density at radius 1 is 1.39 bits per heavy atom. The minimum atomic E-state index is -0.889. The number of thiophene rings is 1. The first kappa shape index (κ1) is 13.4. The monoisotopic (exact) mass is 305 g/mol. The van der Waals surface area contributed by atoms with Gasteiger partial charge in [-0.1, -0.05) is 35.4 Å². The van der Waals surface area contributed by atoms with E-state index in [1.807, 2.05) is 0 Å². The third-order valence-corrected chi connectivity index (χ3v) is 4.11. The Bertz CT molecular complexity index is 526. The average molecular weight is 306 g/mol. The molecule has 0 saturated carbocycles. The van der Waals surface area contributed by atoms with Gasteiger partial charge in [0.05, 0.1) is 15.8 Å². The van der Waals surface area contributed by atoms with Crippen LogP contribution in [0.5, 0.6) is 0 Å². The van der Waals surface area contributed by atoms with Gasteiger partial charge >= 0.3 is 5.97 Å². The standard InChI is InChI=1S/C11H9Cl2NO3S/c12-8-4-7(9(13)18-8)10(15)14-6-2-1-5(3-6)11(16)17/h1-2,4-6H,3H2,(H,14,15)(H,16,17). The van der Waals surface area contributed by atoms with Crippen molar-refractivity contribution >= 4 is 46.4 Å². The van der Waals surface area contributed by atoms with Crippen LogP contribution in [-0.4, -0.2) is 23.0 Å². The molecule has 18 heavy (non-hydrogen) atoms. The number of amides is 1. The SMILES string of the molecule is O=C(NC1C=CC(C(=O)O)C1)c1cc(Cl)sc1Cl. The Labute approximate surface area is 117 Å². The minimum absolute atomic E-state index is 0.284. The molecule has 2 rings (SSSR count). The number of hydrogen-bond donors (Lipinski definition) is 2. The first-order valence-electron chi connectivity index (χ1n) is 5.14. The van der Waals surface area contributed by atoms with E-state index in [0.717, 1.165) is 11.3 Å². The van der Waals surface area contributed by atoms with E-state index in [9.17, 15) is 9.59 Å². The van der Waals surface area contributed by atoms with E-state index in [2.05, 4.69) is 5.32 Å². The third-order valence-electron chi connectivity index (χ3n) is 2.62. The molecule has 1 aliphatic carbocycles. The van der Waals surface area contributed by atoms with Gasteiger partial charge in [-0.05, 0) is 12.5 Å². The Hall–Kier alpha value is -1.04. The van der Waals surface area contributed by atoms with Crippen LogP contribution in [0.25, 0.3) is 0 Å². The van der Waals surface area contributed by atoms with E-state index in [1.165, 1.54) is 6.07 Å². The molecule has 0 bridgehead atoms. The zero-order valence-corrected chi connectivity index (χ0v) is 11.4. The molecule has 1 amide bonds. The van der Waals surface area contributed by atoms with Gasteiger partial charge in [-0.25, -0.2) is 0 Å². The van der Waals surface area contributed by atoms with Crippen LogP contribution in [-0.2, 0) is 4.79 Å². The van der Waals surface area contributed by atoms with Crippen LogP contribution < -0.4 is 5.32 Å². The maximum atomic E-state index is 11.9. The predicted octanol–water partition coefficient (Wildman–Crippen LogP) is 2.81. The van der Waals surface area contributed by atoms with Crippen molar-refractivity contribution in [1.29, 1.82) is 0 Å². The molecule has 4 nitrogen and oxygen atoms in total. The van der Waals surface area contributed by atoms with Crippen molar-refractivity contribution in [3.63, 3.8) is 0 Å². The van der Waals surface area contributed by atoms with E-state index >= 15 is 0 Å². The summed E-state index contributed by atoms with van der Waals surface area (Å²) in [6, 6.07) is 1.21. The quantitative estimate of drug-likeness (QED) is 0.844. The van der Waals surface area contributed by atoms with E-state index in [-0.39, 0.29) is 11.9 Å². The number of aliphatic carboxylic acids is 1. The summed E-state index contributed by atoms with van der Waals surface area (Å²) in [6.45, 7) is 0. The molecular formula is C11H9Cl2NO3S. The van der Waals surface area contributed by atoms with Gasteiger partial charge in [0.25, 0.3) is 5.91 Å². The van der Waals surface area contributed by atoms with Crippen molar-refractivity contribution < 1.29 is 14.7 Å². The van der Waals surface area contributed by atoms with Gasteiger partial charge in [0, 0.05) is 6.04 Å². The molecule has 0 aliphatic heterocycles. The van der Waals surface area contributed by atoms with E-state index < -0.39 is 11.9 Å². The van der Waals surface area contributed by atoms with Gasteiger partial charge in [-0.15, -0.1) is 11.3 Å². The third kappa shape index (κ3) is 2.85. The highest BCUT2D eigenvalue weighted by Gasteiger charge is 2.26. The molecule has 7 heteroatoms. The fraction of sp³-hybridized carbons (Fsp3) is 0.273. The summed E-state index contributed by atoms with van der Waals surface area (Å²) in [4.78, 5) is 22.6. The highest BCUT2D eigenvalue weighted by molar-refractivity contribution is 7.20. The van der Waals surface area contributed by atoms with E-state index in [4.69, 9.17) is 28.3 Å². The summed E-state index contributed by atoms with van der Waals surface area (Å²) in [6.07, 6.45) is 3.62. The summed E-state index contributed by atoms with van der Waals surface area (Å²) < 4.78 is 0.768. The summed E-state index contributed by atoms with van der Waals surface area (Å²) >= 11 is 12.7. The van der Waals surface area contributed by atoms with Crippen molar-refractivity contribution in [2.45, 2.75) is 12.5 Å². The first-order chi connectivity index (χ1) is 8.47. The molecule has 0 saturated heterocycles. The fourth-order valence-electron chi connectivity index (χ4n) is 1.73. The molecule has 1 heterocycles. The Morgan fingerprint density at radius 2 is 2.11 bits per heavy atom. The lowest BCUT2D eigenvalue weighted by atomic mass is 10.1. The Kier molecular flexibility index (Phi) is 3.94. The number of nitrogens with one attached hydrogen (secondary N) is 1. The minimum Gasteiger partial charge on any atom is -0.481 e. The zero-order chi connectivity index (χ0) is 13.3. The lowest BCUT2D eigenvalue weighted by Crippen LogP contribution is -2.33. The van der Waals surface area contributed by atoms with Gasteiger partial charge in [-0.3, -0.25) is 9.59 Å². The van der Waals surface area contributed by atoms with Crippen LogP contribution in [0.4, 0.5) is 0 Å². The second-order valence-electron chi connectivity index (χ2n) is 3.88. The number of carbonyl (C=O) groups excluding carboxylic acids is 1. The molecule has 2 unspecified atom stereocenters. The van der Waals surface area contributed by atoms with Crippen molar-refractivity contribution in [2.24, 2.45) is 5.92 Å². The molecule has 0 fully saturated rings. The van der Waals surface area contributed by atoms with Crippen molar-refractivity contribution in [2.75, 3.05) is 0 Å². The predicted molar refractivity (Wildman–Crippen MR) is 70.5 cm³/mol. The second kappa shape index (κ2) is 5.30. The number of carbonyl (C=O) groups is 2. The summed E-state index contributed by atoms with van der Waals surface area (Å²) in [5.41, 5.74) is 0.318. The van der Waals surface area contributed by atoms with Gasteiger partial charge in [0.2, 0.25) is 0 Å². The van der Waals surface area contributed by atoms with Crippen LogP contribution >= 0.6 is 34.5 Å². The summed E-state index contributed by atoms with van der Waals surface area (Å²) in [5, 5.41) is 11.5. The highest BCUT2D eigenvalue weighted by atomic mass is 35.5. The number of carboxylic acid groups (broad SMARTS) is 1. The molecular weight excluding hydrogens is 297 g/mol. The van der Waals surface area contributed by atoms with Crippen molar-refractivity contribution in [3.8, 4) is 0 Å². The lowest BCUT2D eigenvalue weighted by molar-refractivity contribution is -0.140. The molecule has 1 aromatic rings. The topological polar surface area (TPSA) is 66.4 Å². The van der Waals surface area contributed by atoms with E-state index in [1.54, 1.807) is 12.2 Å². The molecule has 96 valence electrons. The zero-order valence-electron chi connectivity index (χ0n) is 9.02. The normalized spacial score (nSPS) is 22.1. The van der Waals surface area contributed by atoms with Crippen LogP contribution in [0, 0.1) is 5.92 Å². The number of rotatable bonds is 3. The largest absolute Gasteiger partial charge is 0.481 e. The molecule has 1 aliphatic rings. The van der Waals surface area contributed by atoms with Crippen LogP contribution in [0.3, 0.4) is 0 Å². The summed E-state index contributed by atoms with van der Waals surface area (Å²) in [7, 11) is 0. The maximum Gasteiger partial charge on any atom is 0.310 e. The van der Waals surface area contributed by atoms with Gasteiger partial charge in [0.1, 0.15) is 4.34 Å². The Morgan fingerprint density at radius 3 is 2.61 bits per heavy atom. The molecule has 0 aromatic carbocycles. The second-order valence-corrected chi connectivity index (χ2v) is 6.17. The highest BCUT2D eigenvalue weighted by Crippen LogP contribution is 2.31. The van der Waals surface area contributed by atoms with Gasteiger partial charge in [-0.2, -0.15) is 0 Å². The average Bonchev–Trinajstić information content (AvgIpc) is 2.85. The lowest BCUT2D eigenvalue weighted by Gasteiger charge is -2.11. The molecule has 0 spiro atoms. The Balaban J connectivity index is 2.00. The molecule has 0 radical (unpaired) electrons. The molecule has 2 N–H and O–H groups in total. The van der Waals surface area contributed by atoms with Crippen LogP contribution in [0.1, 0.15) is 16.8 Å². The fourth-order valence-corrected chi connectivity index (χ4v) is 3.19. The van der Waals surface area contributed by atoms with Crippen LogP contribution in [0.15, 0.2) is 18.2 Å². The van der Waals surface area contributed by atoms with Crippen LogP contribution in [0.2, 0.25) is 8.67 Å². The van der Waals surface area contributed by atoms with E-state index in [0.29, 0.717) is 20.7 Å². The maximum absolute atomic E-state index is 11.9. The number of carboxylic acids is 1. The van der Waals surface area contributed by atoms with Crippen molar-refractivity contribution in [1.82, 2.24) is 5.32 Å².